The molecule has 1 aromatic carbocycles. The normalized spacial score (nSPS) is 19.2. The second kappa shape index (κ2) is 5.34. The Balaban J connectivity index is 2.19. The van der Waals surface area contributed by atoms with Gasteiger partial charge in [-0.3, -0.25) is 0 Å². The van der Waals surface area contributed by atoms with Crippen LogP contribution in [0.25, 0.3) is 0 Å². The second-order valence-electron chi connectivity index (χ2n) is 3.75. The number of hydrogen-bond acceptors (Lipinski definition) is 2. The van der Waals surface area contributed by atoms with Crippen LogP contribution in [0.4, 0.5) is 4.39 Å². The van der Waals surface area contributed by atoms with E-state index in [-0.39, 0.29) is 11.9 Å². The van der Waals surface area contributed by atoms with Crippen molar-refractivity contribution in [3.63, 3.8) is 0 Å². The number of fused-ring (bicyclic) bond motifs is 1. The molecule has 0 saturated heterocycles. The van der Waals surface area contributed by atoms with Gasteiger partial charge < -0.3 is 5.32 Å². The van der Waals surface area contributed by atoms with Crippen LogP contribution in [0.2, 0.25) is 0 Å². The molecule has 1 unspecified atom stereocenters. The molecule has 1 atom stereocenters. The first-order valence-corrected chi connectivity index (χ1v) is 6.94. The third-order valence-electron chi connectivity index (χ3n) is 2.57. The highest BCUT2D eigenvalue weighted by Gasteiger charge is 2.22. The Morgan fingerprint density at radius 3 is 3.19 bits per heavy atom. The number of hydrogen-bond donors (Lipinski definition) is 1. The Morgan fingerprint density at radius 1 is 1.62 bits per heavy atom. The van der Waals surface area contributed by atoms with E-state index in [0.29, 0.717) is 6.54 Å². The van der Waals surface area contributed by atoms with E-state index in [1.807, 2.05) is 6.07 Å². The number of thioether (sulfide) groups is 1. The van der Waals surface area contributed by atoms with Gasteiger partial charge in [-0.05, 0) is 23.8 Å². The lowest BCUT2D eigenvalue weighted by molar-refractivity contribution is 0.519. The van der Waals surface area contributed by atoms with E-state index >= 15 is 0 Å². The summed E-state index contributed by atoms with van der Waals surface area (Å²) in [5.74, 6) is 0.854. The molecule has 2 rings (SSSR count). The fraction of sp³-hybridized carbons (Fsp3) is 0.333. The molecule has 1 aliphatic rings. The molecule has 86 valence electrons. The van der Waals surface area contributed by atoms with Crippen molar-refractivity contribution in [1.82, 2.24) is 5.32 Å². The number of halogens is 2. The van der Waals surface area contributed by atoms with Gasteiger partial charge in [0.1, 0.15) is 5.82 Å². The molecule has 4 heteroatoms. The van der Waals surface area contributed by atoms with Gasteiger partial charge in [-0.15, -0.1) is 11.8 Å². The Hall–Kier alpha value is -0.320. The zero-order valence-corrected chi connectivity index (χ0v) is 11.2. The Kier molecular flexibility index (Phi) is 4.05. The van der Waals surface area contributed by atoms with Gasteiger partial charge in [0, 0.05) is 22.0 Å². The van der Waals surface area contributed by atoms with Gasteiger partial charge in [-0.2, -0.15) is 0 Å². The summed E-state index contributed by atoms with van der Waals surface area (Å²) in [6, 6.07) is 5.54. The van der Waals surface area contributed by atoms with Crippen molar-refractivity contribution in [2.75, 3.05) is 12.3 Å². The first-order valence-electron chi connectivity index (χ1n) is 5.16. The van der Waals surface area contributed by atoms with Gasteiger partial charge in [-0.1, -0.05) is 34.6 Å². The van der Waals surface area contributed by atoms with E-state index < -0.39 is 0 Å². The standard InChI is InChI=1S/C12H13BrFNS/c1-8(13)7-15-11-5-6-16-12-9(11)3-2-4-10(12)14/h2-4,11,15H,1,5-7H2. The molecule has 0 fully saturated rings. The van der Waals surface area contributed by atoms with Gasteiger partial charge >= 0.3 is 0 Å². The molecule has 1 aromatic rings. The SMILES string of the molecule is C=C(Br)CNC1CCSc2c(F)cccc21. The maximum absolute atomic E-state index is 13.6. The van der Waals surface area contributed by atoms with E-state index in [1.165, 1.54) is 6.07 Å². The van der Waals surface area contributed by atoms with Crippen molar-refractivity contribution in [3.8, 4) is 0 Å². The number of benzene rings is 1. The van der Waals surface area contributed by atoms with E-state index in [1.54, 1.807) is 17.8 Å². The minimum Gasteiger partial charge on any atom is -0.305 e. The van der Waals surface area contributed by atoms with Crippen LogP contribution < -0.4 is 5.32 Å². The van der Waals surface area contributed by atoms with Crippen molar-refractivity contribution in [1.29, 1.82) is 0 Å². The van der Waals surface area contributed by atoms with E-state index in [9.17, 15) is 4.39 Å². The smallest absolute Gasteiger partial charge is 0.137 e. The predicted molar refractivity (Wildman–Crippen MR) is 70.6 cm³/mol. The van der Waals surface area contributed by atoms with Crippen LogP contribution in [0.15, 0.2) is 34.2 Å². The van der Waals surface area contributed by atoms with Crippen molar-refractivity contribution >= 4 is 27.7 Å². The quantitative estimate of drug-likeness (QED) is 0.910. The molecular weight excluding hydrogens is 289 g/mol. The Labute approximate surface area is 108 Å². The summed E-state index contributed by atoms with van der Waals surface area (Å²) in [6.45, 7) is 4.50. The minimum atomic E-state index is -0.105. The molecule has 16 heavy (non-hydrogen) atoms. The average Bonchev–Trinajstić information content (AvgIpc) is 2.27. The second-order valence-corrected chi connectivity index (χ2v) is 5.97. The first kappa shape index (κ1) is 12.1. The van der Waals surface area contributed by atoms with Crippen LogP contribution in [0.5, 0.6) is 0 Å². The highest BCUT2D eigenvalue weighted by molar-refractivity contribution is 9.11. The van der Waals surface area contributed by atoms with E-state index in [0.717, 1.165) is 27.1 Å². The van der Waals surface area contributed by atoms with Crippen LogP contribution in [0, 0.1) is 5.82 Å². The molecule has 0 bridgehead atoms. The highest BCUT2D eigenvalue weighted by Crippen LogP contribution is 2.37. The van der Waals surface area contributed by atoms with Crippen LogP contribution in [-0.4, -0.2) is 12.3 Å². The minimum absolute atomic E-state index is 0.105. The first-order chi connectivity index (χ1) is 7.68. The van der Waals surface area contributed by atoms with Gasteiger partial charge in [0.05, 0.1) is 0 Å². The highest BCUT2D eigenvalue weighted by atomic mass is 79.9. The third kappa shape index (κ3) is 2.67. The summed E-state index contributed by atoms with van der Waals surface area (Å²) in [7, 11) is 0. The summed E-state index contributed by atoms with van der Waals surface area (Å²) < 4.78 is 14.5. The molecule has 1 aliphatic heterocycles. The van der Waals surface area contributed by atoms with Gasteiger partial charge in [0.2, 0.25) is 0 Å². The molecule has 0 saturated carbocycles. The van der Waals surface area contributed by atoms with Gasteiger partial charge in [-0.25, -0.2) is 4.39 Å². The molecule has 1 N–H and O–H groups in total. The summed E-state index contributed by atoms with van der Waals surface area (Å²) in [5, 5.41) is 3.38. The predicted octanol–water partition coefficient (Wildman–Crippen LogP) is 3.86. The molecule has 0 amide bonds. The third-order valence-corrected chi connectivity index (χ3v) is 4.01. The van der Waals surface area contributed by atoms with Crippen LogP contribution in [0.3, 0.4) is 0 Å². The molecule has 1 nitrogen and oxygen atoms in total. The average molecular weight is 302 g/mol. The topological polar surface area (TPSA) is 12.0 Å². The lowest BCUT2D eigenvalue weighted by atomic mass is 10.0. The molecule has 0 spiro atoms. The van der Waals surface area contributed by atoms with Crippen molar-refractivity contribution < 1.29 is 4.39 Å². The number of rotatable bonds is 3. The van der Waals surface area contributed by atoms with Crippen LogP contribution in [-0.2, 0) is 0 Å². The lowest BCUT2D eigenvalue weighted by Crippen LogP contribution is -2.25. The van der Waals surface area contributed by atoms with Crippen LogP contribution >= 0.6 is 27.7 Å². The maximum atomic E-state index is 13.6. The zero-order chi connectivity index (χ0) is 11.5. The van der Waals surface area contributed by atoms with E-state index in [2.05, 4.69) is 27.8 Å². The lowest BCUT2D eigenvalue weighted by Gasteiger charge is -2.26. The molecule has 0 aliphatic carbocycles. The molecule has 0 aromatic heterocycles. The van der Waals surface area contributed by atoms with Crippen LogP contribution in [0.1, 0.15) is 18.0 Å². The molecule has 0 radical (unpaired) electrons. The molecular formula is C12H13BrFNS. The fourth-order valence-corrected chi connectivity index (χ4v) is 3.13. The summed E-state index contributed by atoms with van der Waals surface area (Å²) >= 11 is 4.92. The Morgan fingerprint density at radius 2 is 2.44 bits per heavy atom. The Bertz CT molecular complexity index is 408. The summed E-state index contributed by atoms with van der Waals surface area (Å²) in [5.41, 5.74) is 1.07. The van der Waals surface area contributed by atoms with Gasteiger partial charge in [0.15, 0.2) is 0 Å². The van der Waals surface area contributed by atoms with Gasteiger partial charge in [0.25, 0.3) is 0 Å². The molecule has 1 heterocycles. The summed E-state index contributed by atoms with van der Waals surface area (Å²) in [6.07, 6.45) is 1.03. The maximum Gasteiger partial charge on any atom is 0.137 e. The van der Waals surface area contributed by atoms with E-state index in [4.69, 9.17) is 0 Å². The van der Waals surface area contributed by atoms with Crippen molar-refractivity contribution in [2.45, 2.75) is 17.4 Å². The zero-order valence-electron chi connectivity index (χ0n) is 8.80. The largest absolute Gasteiger partial charge is 0.305 e. The monoisotopic (exact) mass is 301 g/mol. The summed E-state index contributed by atoms with van der Waals surface area (Å²) in [4.78, 5) is 0.798. The van der Waals surface area contributed by atoms with Crippen molar-refractivity contribution in [2.24, 2.45) is 0 Å². The van der Waals surface area contributed by atoms with Crippen molar-refractivity contribution in [3.05, 3.63) is 40.6 Å². The number of nitrogens with one attached hydrogen (secondary N) is 1. The fourth-order valence-electron chi connectivity index (χ4n) is 1.83.